The van der Waals surface area contributed by atoms with E-state index in [9.17, 15) is 20.1 Å². The fourth-order valence-corrected chi connectivity index (χ4v) is 7.71. The summed E-state index contributed by atoms with van der Waals surface area (Å²) in [4.78, 5) is 21.0. The Labute approximate surface area is 290 Å². The molecule has 0 spiro atoms. The van der Waals surface area contributed by atoms with Crippen molar-refractivity contribution in [3.63, 3.8) is 0 Å². The summed E-state index contributed by atoms with van der Waals surface area (Å²) in [7, 11) is 2.08. The van der Waals surface area contributed by atoms with Gasteiger partial charge in [0.1, 0.15) is 22.8 Å². The van der Waals surface area contributed by atoms with Crippen LogP contribution in [0.3, 0.4) is 0 Å². The normalized spacial score (nSPS) is 15.8. The molecule has 0 bridgehead atoms. The highest BCUT2D eigenvalue weighted by molar-refractivity contribution is 7.16. The first kappa shape index (κ1) is 34.8. The number of aliphatic hydroxyl groups excluding tert-OH is 1. The number of aromatic hydroxyl groups is 1. The van der Waals surface area contributed by atoms with E-state index in [0.717, 1.165) is 79.2 Å². The summed E-state index contributed by atoms with van der Waals surface area (Å²) in [5.41, 5.74) is 1.61. The van der Waals surface area contributed by atoms with Crippen molar-refractivity contribution in [3.8, 4) is 11.5 Å². The van der Waals surface area contributed by atoms with Crippen molar-refractivity contribution in [3.05, 3.63) is 111 Å². The number of oxazole rings is 1. The van der Waals surface area contributed by atoms with E-state index in [1.807, 2.05) is 54.6 Å². The molecular formula is C38H46N4O6S. The van der Waals surface area contributed by atoms with E-state index in [4.69, 9.17) is 9.15 Å². The maximum Gasteiger partial charge on any atom is 0.305 e. The van der Waals surface area contributed by atoms with Gasteiger partial charge in [0.25, 0.3) is 0 Å². The van der Waals surface area contributed by atoms with Crippen molar-refractivity contribution < 1.29 is 24.5 Å². The molecule has 2 atom stereocenters. The number of nitrogens with one attached hydrogen (secondary N) is 2. The van der Waals surface area contributed by atoms with Crippen molar-refractivity contribution in [2.24, 2.45) is 5.92 Å². The Kier molecular flexibility index (Phi) is 11.5. The quantitative estimate of drug-likeness (QED) is 0.0806. The van der Waals surface area contributed by atoms with Crippen LogP contribution in [-0.2, 0) is 18.6 Å². The number of fused-ring (bicyclic) bond motifs is 1. The minimum atomic E-state index is -1.22. The Balaban J connectivity index is 0.933. The van der Waals surface area contributed by atoms with Crippen LogP contribution in [0.4, 0.5) is 0 Å². The zero-order valence-corrected chi connectivity index (χ0v) is 28.8. The van der Waals surface area contributed by atoms with E-state index < -0.39 is 11.7 Å². The van der Waals surface area contributed by atoms with Crippen molar-refractivity contribution >= 4 is 21.6 Å². The van der Waals surface area contributed by atoms with Crippen LogP contribution in [0, 0.1) is 5.92 Å². The molecule has 10 nitrogen and oxygen atoms in total. The second kappa shape index (κ2) is 16.1. The first-order chi connectivity index (χ1) is 23.8. The molecule has 2 heterocycles. The van der Waals surface area contributed by atoms with Crippen LogP contribution in [0.25, 0.3) is 10.2 Å². The van der Waals surface area contributed by atoms with Gasteiger partial charge in [0, 0.05) is 44.1 Å². The Hall–Kier alpha value is -4.00. The molecule has 0 aliphatic heterocycles. The number of phenolic OH excluding ortho intramolecular Hbond substituents is 1. The van der Waals surface area contributed by atoms with E-state index in [2.05, 4.69) is 27.2 Å². The van der Waals surface area contributed by atoms with E-state index in [1.165, 1.54) is 12.5 Å². The summed E-state index contributed by atoms with van der Waals surface area (Å²) < 4.78 is 12.8. The zero-order chi connectivity index (χ0) is 34.2. The number of aromatic amines is 1. The van der Waals surface area contributed by atoms with Gasteiger partial charge in [-0.25, -0.2) is 4.98 Å². The standard InChI is InChI=1S/C38H46N4O6S/c1-42(20-18-30-24-40-36(48-30)38(46,27-11-4-2-5-12-27)28-13-6-3-7-14-28)19-9-21-47-29-15-8-10-26(22-29)23-39-25-33(44)31-16-17-32(43)34-35(31)49-37(45)41-34/h2,4-5,8,10-12,15-17,22,24,28,33,39,43-44,46H,3,6-7,9,13-14,18-21,23,25H2,1H3,(H,41,45)/t33-,38-/m0/s1. The number of phenols is 1. The van der Waals surface area contributed by atoms with Crippen molar-refractivity contribution in [2.45, 2.75) is 63.2 Å². The average molecular weight is 687 g/mol. The molecule has 1 aliphatic rings. The summed E-state index contributed by atoms with van der Waals surface area (Å²) in [5, 5.41) is 36.1. The largest absolute Gasteiger partial charge is 0.506 e. The zero-order valence-electron chi connectivity index (χ0n) is 27.9. The minimum Gasteiger partial charge on any atom is -0.506 e. The third-order valence-electron chi connectivity index (χ3n) is 9.49. The van der Waals surface area contributed by atoms with Gasteiger partial charge in [-0.3, -0.25) is 4.79 Å². The van der Waals surface area contributed by atoms with Crippen LogP contribution >= 0.6 is 11.3 Å². The molecule has 5 aromatic rings. The van der Waals surface area contributed by atoms with Crippen LogP contribution in [0.2, 0.25) is 0 Å². The van der Waals surface area contributed by atoms with Gasteiger partial charge in [-0.05, 0) is 55.6 Å². The summed E-state index contributed by atoms with van der Waals surface area (Å²) in [6.07, 6.45) is 7.85. The summed E-state index contributed by atoms with van der Waals surface area (Å²) >= 11 is 0.977. The number of benzene rings is 3. The second-order valence-corrected chi connectivity index (χ2v) is 14.0. The molecule has 0 radical (unpaired) electrons. The number of ether oxygens (including phenoxy) is 1. The van der Waals surface area contributed by atoms with Gasteiger partial charge in [-0.1, -0.05) is 79.1 Å². The van der Waals surface area contributed by atoms with Gasteiger partial charge in [0.2, 0.25) is 5.89 Å². The number of aromatic nitrogens is 2. The number of thiazole rings is 1. The monoisotopic (exact) mass is 686 g/mol. The van der Waals surface area contributed by atoms with Crippen LogP contribution in [-0.4, -0.2) is 63.5 Å². The number of likely N-dealkylation sites (N-methyl/N-ethyl adjacent to an activating group) is 1. The van der Waals surface area contributed by atoms with Gasteiger partial charge in [0.05, 0.1) is 23.6 Å². The fraction of sp³-hybridized carbons (Fsp3) is 0.421. The predicted octanol–water partition coefficient (Wildman–Crippen LogP) is 5.87. The summed E-state index contributed by atoms with van der Waals surface area (Å²) in [6.45, 7) is 3.06. The molecule has 0 unspecified atom stereocenters. The predicted molar refractivity (Wildman–Crippen MR) is 191 cm³/mol. The number of hydrogen-bond donors (Lipinski definition) is 5. The average Bonchev–Trinajstić information content (AvgIpc) is 3.77. The lowest BCUT2D eigenvalue weighted by molar-refractivity contribution is -0.0239. The van der Waals surface area contributed by atoms with Gasteiger partial charge in [-0.2, -0.15) is 0 Å². The Morgan fingerprint density at radius 3 is 2.73 bits per heavy atom. The van der Waals surface area contributed by atoms with Crippen LogP contribution in [0.5, 0.6) is 11.5 Å². The minimum absolute atomic E-state index is 0.00994. The molecular weight excluding hydrogens is 641 g/mol. The molecule has 0 saturated heterocycles. The Bertz CT molecular complexity index is 1850. The van der Waals surface area contributed by atoms with Crippen LogP contribution in [0.15, 0.2) is 82.1 Å². The lowest BCUT2D eigenvalue weighted by atomic mass is 9.73. The molecule has 49 heavy (non-hydrogen) atoms. The highest BCUT2D eigenvalue weighted by Gasteiger charge is 2.44. The highest BCUT2D eigenvalue weighted by atomic mass is 32.1. The summed E-state index contributed by atoms with van der Waals surface area (Å²) in [5.74, 6) is 2.05. The van der Waals surface area contributed by atoms with Crippen LogP contribution < -0.4 is 14.9 Å². The van der Waals surface area contributed by atoms with E-state index in [-0.39, 0.29) is 23.1 Å². The second-order valence-electron chi connectivity index (χ2n) is 13.0. The van der Waals surface area contributed by atoms with E-state index in [1.54, 1.807) is 12.3 Å². The molecule has 6 rings (SSSR count). The molecule has 5 N–H and O–H groups in total. The maximum absolute atomic E-state index is 12.1. The third kappa shape index (κ3) is 8.42. The lowest BCUT2D eigenvalue weighted by Crippen LogP contribution is -2.38. The SMILES string of the molecule is CN(CCCOc1cccc(CNC[C@H](O)c2ccc(O)c3[nH]c(=O)sc23)c1)CCc1cnc([C@](O)(c2ccccc2)C2CCCCC2)o1. The summed E-state index contributed by atoms with van der Waals surface area (Å²) in [6, 6.07) is 20.9. The molecule has 3 aromatic carbocycles. The van der Waals surface area contributed by atoms with Gasteiger partial charge < -0.3 is 39.7 Å². The molecule has 1 saturated carbocycles. The topological polar surface area (TPSA) is 144 Å². The highest BCUT2D eigenvalue weighted by Crippen LogP contribution is 2.43. The maximum atomic E-state index is 12.1. The van der Waals surface area contributed by atoms with E-state index in [0.29, 0.717) is 41.2 Å². The first-order valence-corrected chi connectivity index (χ1v) is 18.0. The van der Waals surface area contributed by atoms with Gasteiger partial charge in [0.15, 0.2) is 5.60 Å². The molecule has 11 heteroatoms. The molecule has 0 amide bonds. The van der Waals surface area contributed by atoms with Crippen molar-refractivity contribution in [1.82, 2.24) is 20.2 Å². The number of H-pyrrole nitrogens is 1. The first-order valence-electron chi connectivity index (χ1n) is 17.2. The molecule has 2 aromatic heterocycles. The van der Waals surface area contributed by atoms with Crippen molar-refractivity contribution in [2.75, 3.05) is 33.3 Å². The van der Waals surface area contributed by atoms with Crippen LogP contribution in [0.1, 0.15) is 73.0 Å². The van der Waals surface area contributed by atoms with E-state index >= 15 is 0 Å². The number of aliphatic hydroxyl groups is 2. The lowest BCUT2D eigenvalue weighted by Gasteiger charge is -2.36. The van der Waals surface area contributed by atoms with Crippen molar-refractivity contribution in [1.29, 1.82) is 0 Å². The van der Waals surface area contributed by atoms with Gasteiger partial charge >= 0.3 is 4.87 Å². The fourth-order valence-electron chi connectivity index (χ4n) is 6.79. The Morgan fingerprint density at radius 1 is 1.10 bits per heavy atom. The number of nitrogens with zero attached hydrogens (tertiary/aromatic N) is 2. The molecule has 1 fully saturated rings. The molecule has 260 valence electrons. The molecule has 1 aliphatic carbocycles. The van der Waals surface area contributed by atoms with Gasteiger partial charge in [-0.15, -0.1) is 0 Å². The third-order valence-corrected chi connectivity index (χ3v) is 10.4. The number of hydrogen-bond acceptors (Lipinski definition) is 10. The smallest absolute Gasteiger partial charge is 0.305 e. The number of rotatable bonds is 16. The Morgan fingerprint density at radius 2 is 1.92 bits per heavy atom.